The molecule has 7 nitrogen and oxygen atoms in total. The maximum Gasteiger partial charge on any atom is 0.245 e. The van der Waals surface area contributed by atoms with E-state index in [1.807, 2.05) is 19.1 Å². The zero-order valence-corrected chi connectivity index (χ0v) is 14.7. The lowest BCUT2D eigenvalue weighted by Gasteiger charge is -2.22. The van der Waals surface area contributed by atoms with Gasteiger partial charge in [-0.1, -0.05) is 13.8 Å². The third kappa shape index (κ3) is 3.60. The second-order valence-corrected chi connectivity index (χ2v) is 6.07. The van der Waals surface area contributed by atoms with Crippen LogP contribution in [0.4, 0.5) is 11.8 Å². The fraction of sp³-hybridized carbons (Fsp3) is 0.588. The molecule has 0 aromatic carbocycles. The largest absolute Gasteiger partial charge is 0.353 e. The molecule has 1 saturated heterocycles. The molecule has 3 rings (SSSR count). The molecular formula is C17H25N7. The van der Waals surface area contributed by atoms with Crippen LogP contribution in [0.5, 0.6) is 0 Å². The molecule has 128 valence electrons. The van der Waals surface area contributed by atoms with Gasteiger partial charge in [-0.05, 0) is 38.3 Å². The molecule has 0 spiro atoms. The van der Waals surface area contributed by atoms with Crippen LogP contribution in [0.3, 0.4) is 0 Å². The normalized spacial score (nSPS) is 15.5. The Bertz CT molecular complexity index is 671. The van der Waals surface area contributed by atoms with Crippen molar-refractivity contribution in [1.29, 1.82) is 0 Å². The second kappa shape index (κ2) is 7.51. The van der Waals surface area contributed by atoms with Gasteiger partial charge in [-0.25, -0.2) is 4.98 Å². The van der Waals surface area contributed by atoms with Crippen molar-refractivity contribution >= 4 is 11.8 Å². The second-order valence-electron chi connectivity index (χ2n) is 6.07. The van der Waals surface area contributed by atoms with E-state index in [4.69, 9.17) is 4.98 Å². The van der Waals surface area contributed by atoms with E-state index in [-0.39, 0.29) is 0 Å². The molecule has 0 aliphatic carbocycles. The molecule has 0 radical (unpaired) electrons. The van der Waals surface area contributed by atoms with Crippen molar-refractivity contribution in [1.82, 2.24) is 25.4 Å². The summed E-state index contributed by atoms with van der Waals surface area (Å²) in [5.74, 6) is 1.69. The highest BCUT2D eigenvalue weighted by Gasteiger charge is 2.19. The SMILES string of the molecule is CCc1nnc(N2CCCN(c3ccc(C)nn3)CC2)nc1CC. The molecule has 1 aliphatic rings. The minimum Gasteiger partial charge on any atom is -0.353 e. The average Bonchev–Trinajstić information content (AvgIpc) is 2.88. The number of anilines is 2. The summed E-state index contributed by atoms with van der Waals surface area (Å²) in [5, 5.41) is 17.2. The lowest BCUT2D eigenvalue weighted by Crippen LogP contribution is -2.32. The molecule has 0 N–H and O–H groups in total. The predicted molar refractivity (Wildman–Crippen MR) is 94.4 cm³/mol. The standard InChI is InChI=1S/C17H25N7/c1-4-14-15(5-2)20-22-17(18-14)24-10-6-9-23(11-12-24)16-8-7-13(3)19-21-16/h7-8H,4-6,9-12H2,1-3H3. The summed E-state index contributed by atoms with van der Waals surface area (Å²) in [6.45, 7) is 9.83. The molecule has 0 amide bonds. The highest BCUT2D eigenvalue weighted by Crippen LogP contribution is 2.16. The van der Waals surface area contributed by atoms with Gasteiger partial charge in [-0.2, -0.15) is 10.2 Å². The minimum absolute atomic E-state index is 0.751. The van der Waals surface area contributed by atoms with E-state index in [9.17, 15) is 0 Å². The Morgan fingerprint density at radius 2 is 1.58 bits per heavy atom. The van der Waals surface area contributed by atoms with Crippen LogP contribution in [-0.2, 0) is 12.8 Å². The van der Waals surface area contributed by atoms with Gasteiger partial charge in [-0.3, -0.25) is 0 Å². The van der Waals surface area contributed by atoms with Crippen molar-refractivity contribution in [2.45, 2.75) is 40.0 Å². The summed E-state index contributed by atoms with van der Waals surface area (Å²) in [7, 11) is 0. The molecule has 7 heteroatoms. The summed E-state index contributed by atoms with van der Waals surface area (Å²) >= 11 is 0. The topological polar surface area (TPSA) is 70.9 Å². The molecule has 1 aliphatic heterocycles. The maximum absolute atomic E-state index is 4.74. The van der Waals surface area contributed by atoms with E-state index >= 15 is 0 Å². The Kier molecular flexibility index (Phi) is 5.17. The summed E-state index contributed by atoms with van der Waals surface area (Å²) in [5.41, 5.74) is 3.01. The van der Waals surface area contributed by atoms with Crippen LogP contribution in [0.25, 0.3) is 0 Å². The third-order valence-electron chi connectivity index (χ3n) is 4.38. The van der Waals surface area contributed by atoms with Crippen LogP contribution in [-0.4, -0.2) is 51.6 Å². The van der Waals surface area contributed by atoms with Gasteiger partial charge in [0, 0.05) is 26.2 Å². The van der Waals surface area contributed by atoms with E-state index in [1.54, 1.807) is 0 Å². The number of hydrogen-bond acceptors (Lipinski definition) is 7. The Hall–Kier alpha value is -2.31. The molecule has 0 atom stereocenters. The third-order valence-corrected chi connectivity index (χ3v) is 4.38. The van der Waals surface area contributed by atoms with E-state index in [0.717, 1.165) is 74.3 Å². The first-order valence-electron chi connectivity index (χ1n) is 8.74. The van der Waals surface area contributed by atoms with Crippen molar-refractivity contribution in [2.24, 2.45) is 0 Å². The van der Waals surface area contributed by atoms with Crippen LogP contribution >= 0.6 is 0 Å². The van der Waals surface area contributed by atoms with Gasteiger partial charge < -0.3 is 9.80 Å². The van der Waals surface area contributed by atoms with Gasteiger partial charge >= 0.3 is 0 Å². The quantitative estimate of drug-likeness (QED) is 0.848. The summed E-state index contributed by atoms with van der Waals surface area (Å²) in [6.07, 6.45) is 2.81. The first kappa shape index (κ1) is 16.5. The van der Waals surface area contributed by atoms with Gasteiger partial charge in [-0.15, -0.1) is 10.2 Å². The number of aromatic nitrogens is 5. The molecule has 0 saturated carbocycles. The number of aryl methyl sites for hydroxylation is 3. The van der Waals surface area contributed by atoms with Crippen molar-refractivity contribution in [2.75, 3.05) is 36.0 Å². The number of nitrogens with zero attached hydrogens (tertiary/aromatic N) is 7. The minimum atomic E-state index is 0.751. The Labute approximate surface area is 143 Å². The smallest absolute Gasteiger partial charge is 0.245 e. The Morgan fingerprint density at radius 1 is 0.833 bits per heavy atom. The van der Waals surface area contributed by atoms with Crippen LogP contribution in [0.1, 0.15) is 37.4 Å². The van der Waals surface area contributed by atoms with E-state index in [0.29, 0.717) is 0 Å². The van der Waals surface area contributed by atoms with Gasteiger partial charge in [0.05, 0.1) is 17.1 Å². The monoisotopic (exact) mass is 327 g/mol. The number of rotatable bonds is 4. The Morgan fingerprint density at radius 3 is 2.29 bits per heavy atom. The molecular weight excluding hydrogens is 302 g/mol. The zero-order chi connectivity index (χ0) is 16.9. The first-order valence-corrected chi connectivity index (χ1v) is 8.74. The van der Waals surface area contributed by atoms with E-state index in [1.165, 1.54) is 0 Å². The first-order chi connectivity index (χ1) is 11.7. The molecule has 0 unspecified atom stereocenters. The molecule has 0 bridgehead atoms. The Balaban J connectivity index is 1.72. The van der Waals surface area contributed by atoms with Crippen LogP contribution in [0.15, 0.2) is 12.1 Å². The average molecular weight is 327 g/mol. The van der Waals surface area contributed by atoms with Crippen LogP contribution in [0, 0.1) is 6.92 Å². The lowest BCUT2D eigenvalue weighted by atomic mass is 10.2. The maximum atomic E-state index is 4.74. The van der Waals surface area contributed by atoms with Crippen LogP contribution in [0.2, 0.25) is 0 Å². The lowest BCUT2D eigenvalue weighted by molar-refractivity contribution is 0.735. The van der Waals surface area contributed by atoms with Gasteiger partial charge in [0.1, 0.15) is 0 Å². The molecule has 3 heterocycles. The molecule has 24 heavy (non-hydrogen) atoms. The summed E-state index contributed by atoms with van der Waals surface area (Å²) in [4.78, 5) is 9.25. The highest BCUT2D eigenvalue weighted by molar-refractivity contribution is 5.39. The van der Waals surface area contributed by atoms with Gasteiger partial charge in [0.2, 0.25) is 5.95 Å². The predicted octanol–water partition coefficient (Wildman–Crippen LogP) is 1.81. The van der Waals surface area contributed by atoms with Crippen molar-refractivity contribution < 1.29 is 0 Å². The fourth-order valence-electron chi connectivity index (χ4n) is 2.97. The fourth-order valence-corrected chi connectivity index (χ4v) is 2.97. The van der Waals surface area contributed by atoms with Crippen LogP contribution < -0.4 is 9.80 Å². The molecule has 1 fully saturated rings. The van der Waals surface area contributed by atoms with Crippen molar-refractivity contribution in [3.05, 3.63) is 29.2 Å². The zero-order valence-electron chi connectivity index (χ0n) is 14.7. The van der Waals surface area contributed by atoms with Crippen molar-refractivity contribution in [3.63, 3.8) is 0 Å². The van der Waals surface area contributed by atoms with E-state index < -0.39 is 0 Å². The van der Waals surface area contributed by atoms with Gasteiger partial charge in [0.25, 0.3) is 0 Å². The molecule has 2 aromatic rings. The summed E-state index contributed by atoms with van der Waals surface area (Å²) in [6, 6.07) is 4.05. The van der Waals surface area contributed by atoms with E-state index in [2.05, 4.69) is 44.0 Å². The van der Waals surface area contributed by atoms with Gasteiger partial charge in [0.15, 0.2) is 5.82 Å². The molecule has 2 aromatic heterocycles. The summed E-state index contributed by atoms with van der Waals surface area (Å²) < 4.78 is 0. The highest BCUT2D eigenvalue weighted by atomic mass is 15.4. The number of hydrogen-bond donors (Lipinski definition) is 0. The van der Waals surface area contributed by atoms with Crippen molar-refractivity contribution in [3.8, 4) is 0 Å².